The number of anilines is 1. The number of aliphatic imine (C=N–C) groups is 1. The smallest absolute Gasteiger partial charge is 0.265 e. The molecular weight excluding hydrogens is 368 g/mol. The molecule has 156 valence electrons. The number of carbonyl (C=O) groups excluding carboxylic acids is 1. The number of fused-ring (bicyclic) bond motifs is 1. The van der Waals surface area contributed by atoms with Crippen molar-refractivity contribution < 1.29 is 9.53 Å². The van der Waals surface area contributed by atoms with Crippen LogP contribution >= 0.6 is 0 Å². The number of nitrogens with zero attached hydrogens (tertiary/aromatic N) is 4. The van der Waals surface area contributed by atoms with Crippen LogP contribution in [0.5, 0.6) is 5.75 Å². The number of para-hydroxylation sites is 2. The first-order chi connectivity index (χ1) is 14.1. The number of carbonyl (C=O) groups is 1. The topological polar surface area (TPSA) is 83.8 Å². The number of nitrogens with one attached hydrogen (secondary N) is 2. The maximum absolute atomic E-state index is 12.2. The molecule has 0 fully saturated rings. The summed E-state index contributed by atoms with van der Waals surface area (Å²) in [6.45, 7) is 7.24. The quantitative estimate of drug-likeness (QED) is 0.403. The van der Waals surface area contributed by atoms with Crippen LogP contribution in [0.25, 0.3) is 0 Å². The number of hydrogen-bond donors (Lipinski definition) is 2. The van der Waals surface area contributed by atoms with Gasteiger partial charge in [0.2, 0.25) is 0 Å². The van der Waals surface area contributed by atoms with Gasteiger partial charge < -0.3 is 20.3 Å². The number of ether oxygens (including phenoxy) is 1. The molecular formula is C21H30N6O2. The normalized spacial score (nSPS) is 13.8. The fraction of sp³-hybridized carbons (Fsp3) is 0.476. The summed E-state index contributed by atoms with van der Waals surface area (Å²) in [7, 11) is 1.76. The van der Waals surface area contributed by atoms with Gasteiger partial charge in [0.1, 0.15) is 5.75 Å². The number of rotatable bonds is 8. The second-order valence-electron chi connectivity index (χ2n) is 7.08. The van der Waals surface area contributed by atoms with Crippen molar-refractivity contribution in [3.8, 4) is 5.75 Å². The second kappa shape index (κ2) is 9.95. The van der Waals surface area contributed by atoms with Gasteiger partial charge in [0.15, 0.2) is 12.6 Å². The molecule has 0 atom stereocenters. The zero-order chi connectivity index (χ0) is 20.6. The molecule has 1 aromatic heterocycles. The molecule has 0 spiro atoms. The Morgan fingerprint density at radius 2 is 1.90 bits per heavy atom. The van der Waals surface area contributed by atoms with E-state index in [1.165, 1.54) is 5.69 Å². The summed E-state index contributed by atoms with van der Waals surface area (Å²) >= 11 is 0. The summed E-state index contributed by atoms with van der Waals surface area (Å²) in [5, 5.41) is 11.1. The van der Waals surface area contributed by atoms with Crippen molar-refractivity contribution in [2.24, 2.45) is 4.99 Å². The molecule has 1 amide bonds. The molecule has 0 saturated carbocycles. The van der Waals surface area contributed by atoms with Gasteiger partial charge in [-0.1, -0.05) is 12.1 Å². The van der Waals surface area contributed by atoms with E-state index in [1.807, 2.05) is 35.9 Å². The van der Waals surface area contributed by atoms with Crippen molar-refractivity contribution in [3.63, 3.8) is 0 Å². The molecule has 2 N–H and O–H groups in total. The third-order valence-corrected chi connectivity index (χ3v) is 4.83. The number of guanidine groups is 1. The first-order valence-electron chi connectivity index (χ1n) is 10.1. The van der Waals surface area contributed by atoms with Crippen molar-refractivity contribution in [2.45, 2.75) is 33.2 Å². The lowest BCUT2D eigenvalue weighted by molar-refractivity contribution is -0.121. The predicted octanol–water partition coefficient (Wildman–Crippen LogP) is 1.87. The second-order valence-corrected chi connectivity index (χ2v) is 7.08. The van der Waals surface area contributed by atoms with Crippen molar-refractivity contribution in [2.75, 3.05) is 38.2 Å². The lowest BCUT2D eigenvalue weighted by Gasteiger charge is -2.29. The number of benzene rings is 1. The lowest BCUT2D eigenvalue weighted by Crippen LogP contribution is -2.42. The van der Waals surface area contributed by atoms with Crippen LogP contribution in [0.3, 0.4) is 0 Å². The fourth-order valence-corrected chi connectivity index (χ4v) is 3.40. The molecule has 2 heterocycles. The summed E-state index contributed by atoms with van der Waals surface area (Å²) < 4.78 is 7.51. The Bertz CT molecular complexity index is 861. The van der Waals surface area contributed by atoms with Gasteiger partial charge in [-0.05, 0) is 44.9 Å². The molecule has 1 aromatic carbocycles. The Kier molecular flexibility index (Phi) is 7.10. The Morgan fingerprint density at radius 1 is 1.17 bits per heavy atom. The molecule has 0 radical (unpaired) electrons. The van der Waals surface area contributed by atoms with Gasteiger partial charge in [-0.25, -0.2) is 0 Å². The molecule has 0 saturated heterocycles. The first kappa shape index (κ1) is 20.7. The average molecular weight is 399 g/mol. The van der Waals surface area contributed by atoms with Crippen LogP contribution in [-0.4, -0.2) is 54.9 Å². The van der Waals surface area contributed by atoms with Gasteiger partial charge in [-0.15, -0.1) is 0 Å². The van der Waals surface area contributed by atoms with E-state index < -0.39 is 0 Å². The van der Waals surface area contributed by atoms with Crippen LogP contribution in [0, 0.1) is 13.8 Å². The van der Waals surface area contributed by atoms with E-state index in [2.05, 4.69) is 33.7 Å². The molecule has 0 aliphatic carbocycles. The SMILES string of the molecule is CN=C(NCCCN1C(=O)COc2ccccc21)NCCCn1nc(C)cc1C. The molecule has 1 aliphatic rings. The third-order valence-electron chi connectivity index (χ3n) is 4.83. The standard InChI is InChI=1S/C21H30N6O2/c1-16-14-17(2)27(25-16)13-7-11-24-21(22-3)23-10-6-12-26-18-8-4-5-9-19(18)29-15-20(26)28/h4-5,8-9,14H,6-7,10-13,15H2,1-3H3,(H2,22,23,24). The van der Waals surface area contributed by atoms with E-state index in [9.17, 15) is 4.79 Å². The van der Waals surface area contributed by atoms with Gasteiger partial charge in [-0.2, -0.15) is 5.10 Å². The summed E-state index contributed by atoms with van der Waals surface area (Å²) in [4.78, 5) is 18.3. The Labute approximate surface area is 171 Å². The molecule has 0 unspecified atom stereocenters. The van der Waals surface area contributed by atoms with Gasteiger partial charge in [0.25, 0.3) is 5.91 Å². The zero-order valence-electron chi connectivity index (χ0n) is 17.4. The van der Waals surface area contributed by atoms with Gasteiger partial charge >= 0.3 is 0 Å². The number of hydrogen-bond acceptors (Lipinski definition) is 4. The minimum absolute atomic E-state index is 0.00430. The van der Waals surface area contributed by atoms with E-state index in [4.69, 9.17) is 4.74 Å². The maximum atomic E-state index is 12.2. The van der Waals surface area contributed by atoms with Gasteiger partial charge in [0, 0.05) is 38.9 Å². The molecule has 0 bridgehead atoms. The Balaban J connectivity index is 1.37. The minimum Gasteiger partial charge on any atom is -0.482 e. The van der Waals surface area contributed by atoms with E-state index in [0.29, 0.717) is 6.54 Å². The molecule has 2 aromatic rings. The largest absolute Gasteiger partial charge is 0.482 e. The van der Waals surface area contributed by atoms with Crippen LogP contribution in [0.15, 0.2) is 35.3 Å². The highest BCUT2D eigenvalue weighted by Crippen LogP contribution is 2.31. The summed E-state index contributed by atoms with van der Waals surface area (Å²) in [5.74, 6) is 1.53. The van der Waals surface area contributed by atoms with Crippen LogP contribution in [0.2, 0.25) is 0 Å². The highest BCUT2D eigenvalue weighted by Gasteiger charge is 2.24. The molecule has 8 heteroatoms. The Hall–Kier alpha value is -3.03. The maximum Gasteiger partial charge on any atom is 0.265 e. The van der Waals surface area contributed by atoms with E-state index in [-0.39, 0.29) is 12.5 Å². The monoisotopic (exact) mass is 398 g/mol. The van der Waals surface area contributed by atoms with E-state index >= 15 is 0 Å². The van der Waals surface area contributed by atoms with Crippen molar-refractivity contribution in [3.05, 3.63) is 41.7 Å². The third kappa shape index (κ3) is 5.49. The van der Waals surface area contributed by atoms with E-state index in [0.717, 1.165) is 55.6 Å². The van der Waals surface area contributed by atoms with Crippen LogP contribution < -0.4 is 20.3 Å². The summed E-state index contributed by atoms with van der Waals surface area (Å²) in [6, 6.07) is 9.74. The van der Waals surface area contributed by atoms with Gasteiger partial charge in [-0.3, -0.25) is 14.5 Å². The molecule has 8 nitrogen and oxygen atoms in total. The van der Waals surface area contributed by atoms with Crippen LogP contribution in [0.4, 0.5) is 5.69 Å². The first-order valence-corrected chi connectivity index (χ1v) is 10.1. The van der Waals surface area contributed by atoms with Crippen molar-refractivity contribution in [1.82, 2.24) is 20.4 Å². The highest BCUT2D eigenvalue weighted by atomic mass is 16.5. The molecule has 29 heavy (non-hydrogen) atoms. The van der Waals surface area contributed by atoms with E-state index in [1.54, 1.807) is 11.9 Å². The average Bonchev–Trinajstić information content (AvgIpc) is 3.05. The summed E-state index contributed by atoms with van der Waals surface area (Å²) in [6.07, 6.45) is 1.77. The summed E-state index contributed by atoms with van der Waals surface area (Å²) in [5.41, 5.74) is 3.08. The van der Waals surface area contributed by atoms with Crippen molar-refractivity contribution >= 4 is 17.6 Å². The molecule has 3 rings (SSSR count). The van der Waals surface area contributed by atoms with Gasteiger partial charge in [0.05, 0.1) is 11.4 Å². The predicted molar refractivity (Wildman–Crippen MR) is 115 cm³/mol. The van der Waals surface area contributed by atoms with Crippen LogP contribution in [0.1, 0.15) is 24.2 Å². The number of aromatic nitrogens is 2. The highest BCUT2D eigenvalue weighted by molar-refractivity contribution is 5.97. The Morgan fingerprint density at radius 3 is 2.59 bits per heavy atom. The number of amides is 1. The fourth-order valence-electron chi connectivity index (χ4n) is 3.40. The lowest BCUT2D eigenvalue weighted by atomic mass is 10.2. The molecule has 1 aliphatic heterocycles. The van der Waals surface area contributed by atoms with Crippen LogP contribution in [-0.2, 0) is 11.3 Å². The number of aryl methyl sites for hydroxylation is 3. The minimum atomic E-state index is -0.00430. The zero-order valence-corrected chi connectivity index (χ0v) is 17.4. The van der Waals surface area contributed by atoms with Crippen molar-refractivity contribution in [1.29, 1.82) is 0 Å².